The van der Waals surface area contributed by atoms with Crippen LogP contribution in [0.25, 0.3) is 0 Å². The van der Waals surface area contributed by atoms with Crippen molar-refractivity contribution in [1.29, 1.82) is 0 Å². The fourth-order valence-electron chi connectivity index (χ4n) is 3.94. The molecular formula is C22H21BrNO4-. The summed E-state index contributed by atoms with van der Waals surface area (Å²) in [5.41, 5.74) is 0.778. The van der Waals surface area contributed by atoms with E-state index in [-0.39, 0.29) is 24.5 Å². The minimum Gasteiger partial charge on any atom is -0.550 e. The van der Waals surface area contributed by atoms with Gasteiger partial charge in [0.1, 0.15) is 0 Å². The number of ketones is 1. The summed E-state index contributed by atoms with van der Waals surface area (Å²) >= 11 is 3.37. The molecule has 2 aromatic rings. The Morgan fingerprint density at radius 3 is 2.32 bits per heavy atom. The third-order valence-electron chi connectivity index (χ3n) is 5.26. The van der Waals surface area contributed by atoms with Crippen molar-refractivity contribution in [3.63, 3.8) is 0 Å². The predicted molar refractivity (Wildman–Crippen MR) is 108 cm³/mol. The number of nitrogens with one attached hydrogen (secondary N) is 1. The van der Waals surface area contributed by atoms with Crippen molar-refractivity contribution in [1.82, 2.24) is 0 Å². The molecule has 3 rings (SSSR count). The quantitative estimate of drug-likeness (QED) is 0.662. The smallest absolute Gasteiger partial charge is 0.224 e. The molecule has 1 aliphatic rings. The lowest BCUT2D eigenvalue weighted by molar-refractivity contribution is -0.308. The summed E-state index contributed by atoms with van der Waals surface area (Å²) in [5.74, 6) is -1.60. The zero-order chi connectivity index (χ0) is 20.1. The lowest BCUT2D eigenvalue weighted by Gasteiger charge is -2.29. The number of benzene rings is 2. The van der Waals surface area contributed by atoms with Gasteiger partial charge in [-0.25, -0.2) is 0 Å². The van der Waals surface area contributed by atoms with E-state index >= 15 is 0 Å². The molecule has 0 aromatic heterocycles. The Morgan fingerprint density at radius 2 is 1.68 bits per heavy atom. The van der Waals surface area contributed by atoms with Crippen molar-refractivity contribution in [3.05, 3.63) is 64.1 Å². The van der Waals surface area contributed by atoms with Crippen LogP contribution < -0.4 is 10.4 Å². The Balaban J connectivity index is 1.81. The molecule has 0 unspecified atom stereocenters. The van der Waals surface area contributed by atoms with Crippen molar-refractivity contribution in [2.24, 2.45) is 5.41 Å². The average Bonchev–Trinajstić information content (AvgIpc) is 3.10. The summed E-state index contributed by atoms with van der Waals surface area (Å²) in [6.07, 6.45) is 3.22. The van der Waals surface area contributed by atoms with Gasteiger partial charge in [0.15, 0.2) is 5.78 Å². The van der Waals surface area contributed by atoms with Crippen molar-refractivity contribution >= 4 is 39.3 Å². The van der Waals surface area contributed by atoms with Crippen LogP contribution in [0.1, 0.15) is 54.4 Å². The molecule has 5 nitrogen and oxygen atoms in total. The molecule has 0 saturated heterocycles. The Bertz CT molecular complexity index is 889. The Morgan fingerprint density at radius 1 is 1.00 bits per heavy atom. The SMILES string of the molecule is O=C([O-])CC1(CC(=O)Nc2ccc(Br)cc2C(=O)c2ccccc2)CCCC1. The average molecular weight is 443 g/mol. The number of aliphatic carboxylic acids is 1. The topological polar surface area (TPSA) is 86.3 Å². The normalized spacial score (nSPS) is 15.2. The van der Waals surface area contributed by atoms with E-state index in [1.165, 1.54) is 0 Å². The first-order valence-corrected chi connectivity index (χ1v) is 10.1. The zero-order valence-electron chi connectivity index (χ0n) is 15.4. The van der Waals surface area contributed by atoms with Gasteiger partial charge in [-0.15, -0.1) is 0 Å². The van der Waals surface area contributed by atoms with E-state index in [4.69, 9.17) is 0 Å². The molecule has 6 heteroatoms. The fourth-order valence-corrected chi connectivity index (χ4v) is 4.30. The highest BCUT2D eigenvalue weighted by Gasteiger charge is 2.36. The van der Waals surface area contributed by atoms with Crippen molar-refractivity contribution in [2.45, 2.75) is 38.5 Å². The van der Waals surface area contributed by atoms with Gasteiger partial charge in [-0.05, 0) is 42.9 Å². The van der Waals surface area contributed by atoms with Gasteiger partial charge in [0, 0.05) is 28.0 Å². The molecule has 2 aromatic carbocycles. The first kappa shape index (κ1) is 20.3. The number of rotatable bonds is 7. The van der Waals surface area contributed by atoms with Gasteiger partial charge in [0.2, 0.25) is 5.91 Å². The Hall–Kier alpha value is -2.47. The number of hydrogen-bond acceptors (Lipinski definition) is 4. The van der Waals surface area contributed by atoms with Crippen LogP contribution in [0.4, 0.5) is 5.69 Å². The molecule has 0 spiro atoms. The van der Waals surface area contributed by atoms with Crippen LogP contribution in [0, 0.1) is 5.41 Å². The molecular weight excluding hydrogens is 422 g/mol. The highest BCUT2D eigenvalue weighted by molar-refractivity contribution is 9.10. The van der Waals surface area contributed by atoms with Crippen LogP contribution in [0.5, 0.6) is 0 Å². The van der Waals surface area contributed by atoms with Gasteiger partial charge in [0.25, 0.3) is 0 Å². The molecule has 0 atom stereocenters. The molecule has 0 radical (unpaired) electrons. The first-order chi connectivity index (χ1) is 13.4. The Labute approximate surface area is 172 Å². The maximum absolute atomic E-state index is 12.9. The standard InChI is InChI=1S/C22H22BrNO4/c23-16-8-9-18(17(12-16)21(28)15-6-2-1-3-7-15)24-19(25)13-22(14-20(26)27)10-4-5-11-22/h1-3,6-9,12H,4-5,10-11,13-14H2,(H,24,25)(H,26,27)/p-1. The van der Waals surface area contributed by atoms with E-state index in [0.717, 1.165) is 17.3 Å². The summed E-state index contributed by atoms with van der Waals surface area (Å²) in [6, 6.07) is 14.0. The number of amides is 1. The Kier molecular flexibility index (Phi) is 6.29. The second kappa shape index (κ2) is 8.69. The van der Waals surface area contributed by atoms with Crippen LogP contribution >= 0.6 is 15.9 Å². The molecule has 28 heavy (non-hydrogen) atoms. The number of hydrogen-bond donors (Lipinski definition) is 1. The van der Waals surface area contributed by atoms with Crippen LogP contribution in [-0.4, -0.2) is 17.7 Å². The predicted octanol–water partition coefficient (Wildman–Crippen LogP) is 3.71. The summed E-state index contributed by atoms with van der Waals surface area (Å²) in [7, 11) is 0. The van der Waals surface area contributed by atoms with Crippen LogP contribution in [0.2, 0.25) is 0 Å². The van der Waals surface area contributed by atoms with Crippen LogP contribution in [-0.2, 0) is 9.59 Å². The molecule has 1 saturated carbocycles. The fraction of sp³-hybridized carbons (Fsp3) is 0.318. The lowest BCUT2D eigenvalue weighted by atomic mass is 9.79. The second-order valence-corrected chi connectivity index (χ2v) is 8.28. The minimum absolute atomic E-state index is 0.107. The maximum Gasteiger partial charge on any atom is 0.224 e. The van der Waals surface area contributed by atoms with Gasteiger partial charge in [-0.2, -0.15) is 0 Å². The van der Waals surface area contributed by atoms with Crippen molar-refractivity contribution in [3.8, 4) is 0 Å². The molecule has 146 valence electrons. The molecule has 0 aliphatic heterocycles. The monoisotopic (exact) mass is 442 g/mol. The molecule has 1 fully saturated rings. The summed E-state index contributed by atoms with van der Waals surface area (Å²) in [4.78, 5) is 36.7. The van der Waals surface area contributed by atoms with E-state index < -0.39 is 11.4 Å². The van der Waals surface area contributed by atoms with Gasteiger partial charge < -0.3 is 15.2 Å². The lowest BCUT2D eigenvalue weighted by Crippen LogP contribution is -2.33. The number of halogens is 1. The number of carbonyl (C=O) groups is 3. The maximum atomic E-state index is 12.9. The summed E-state index contributed by atoms with van der Waals surface area (Å²) in [6.45, 7) is 0. The number of carboxylic acid groups (broad SMARTS) is 1. The number of anilines is 1. The van der Waals surface area contributed by atoms with Crippen molar-refractivity contribution in [2.75, 3.05) is 5.32 Å². The van der Waals surface area contributed by atoms with E-state index in [1.54, 1.807) is 42.5 Å². The van der Waals surface area contributed by atoms with Gasteiger partial charge >= 0.3 is 0 Å². The zero-order valence-corrected chi connectivity index (χ0v) is 17.0. The molecule has 1 amide bonds. The van der Waals surface area contributed by atoms with E-state index in [0.29, 0.717) is 29.7 Å². The van der Waals surface area contributed by atoms with E-state index in [2.05, 4.69) is 21.2 Å². The van der Waals surface area contributed by atoms with Gasteiger partial charge in [-0.3, -0.25) is 9.59 Å². The van der Waals surface area contributed by atoms with E-state index in [9.17, 15) is 19.5 Å². The minimum atomic E-state index is -1.13. The molecule has 1 aliphatic carbocycles. The highest BCUT2D eigenvalue weighted by atomic mass is 79.9. The largest absolute Gasteiger partial charge is 0.550 e. The summed E-state index contributed by atoms with van der Waals surface area (Å²) in [5, 5.41) is 14.0. The van der Waals surface area contributed by atoms with Gasteiger partial charge in [-0.1, -0.05) is 59.1 Å². The third kappa shape index (κ3) is 4.87. The molecule has 1 N–H and O–H groups in total. The second-order valence-electron chi connectivity index (χ2n) is 7.37. The van der Waals surface area contributed by atoms with Crippen LogP contribution in [0.15, 0.2) is 53.0 Å². The number of carbonyl (C=O) groups excluding carboxylic acids is 3. The summed E-state index contributed by atoms with van der Waals surface area (Å²) < 4.78 is 0.731. The third-order valence-corrected chi connectivity index (χ3v) is 5.75. The van der Waals surface area contributed by atoms with Crippen LogP contribution in [0.3, 0.4) is 0 Å². The molecule has 0 heterocycles. The first-order valence-electron chi connectivity index (χ1n) is 9.28. The van der Waals surface area contributed by atoms with Gasteiger partial charge in [0.05, 0.1) is 5.69 Å². The highest BCUT2D eigenvalue weighted by Crippen LogP contribution is 2.44. The number of carboxylic acids is 1. The molecule has 0 bridgehead atoms. The van der Waals surface area contributed by atoms with Crippen molar-refractivity contribution < 1.29 is 19.5 Å². The van der Waals surface area contributed by atoms with E-state index in [1.807, 2.05) is 6.07 Å².